The van der Waals surface area contributed by atoms with Crippen LogP contribution >= 0.6 is 34.0 Å². The molecule has 0 spiro atoms. The van der Waals surface area contributed by atoms with E-state index in [0.717, 1.165) is 0 Å². The Hall–Kier alpha value is -4.02. The van der Waals surface area contributed by atoms with E-state index in [1.807, 2.05) is 34.0 Å². The lowest BCUT2D eigenvalue weighted by atomic mass is 9.93. The minimum atomic E-state index is 1.24. The lowest BCUT2D eigenvalue weighted by molar-refractivity contribution is 1.60. The second kappa shape index (κ2) is 10.6. The quantitative estimate of drug-likeness (QED) is 0.192. The summed E-state index contributed by atoms with van der Waals surface area (Å²) in [6.45, 7) is 0. The Morgan fingerprint density at radius 3 is 1.28 bits per heavy atom. The van der Waals surface area contributed by atoms with Crippen LogP contribution in [0, 0.1) is 0 Å². The molecule has 3 heteroatoms. The summed E-state index contributed by atoms with van der Waals surface area (Å²) in [6.07, 6.45) is 0. The van der Waals surface area contributed by atoms with Crippen LogP contribution in [0.3, 0.4) is 0 Å². The summed E-state index contributed by atoms with van der Waals surface area (Å²) in [5, 5.41) is 4.36. The summed E-state index contributed by atoms with van der Waals surface area (Å²) >= 11 is 5.54. The standard InChI is InChI=1S/C36H24S3/c1-3-9-25(10-4-1)27-15-19-29(20-16-27)33-34(31-13-7-23-37-31)36(32-14-8-24-38-32)39-35(33)30-21-17-28(18-22-30)26-11-5-2-6-12-26/h1-24H. The van der Waals surface area contributed by atoms with Gasteiger partial charge in [-0.2, -0.15) is 0 Å². The van der Waals surface area contributed by atoms with E-state index in [1.54, 1.807) is 0 Å². The van der Waals surface area contributed by atoms with Gasteiger partial charge in [-0.15, -0.1) is 34.0 Å². The van der Waals surface area contributed by atoms with Gasteiger partial charge in [0.15, 0.2) is 0 Å². The van der Waals surface area contributed by atoms with Crippen molar-refractivity contribution >= 4 is 34.0 Å². The minimum Gasteiger partial charge on any atom is -0.144 e. The van der Waals surface area contributed by atoms with Crippen molar-refractivity contribution < 1.29 is 0 Å². The third-order valence-electron chi connectivity index (χ3n) is 6.96. The van der Waals surface area contributed by atoms with E-state index in [4.69, 9.17) is 0 Å². The van der Waals surface area contributed by atoms with Gasteiger partial charge >= 0.3 is 0 Å². The van der Waals surface area contributed by atoms with Gasteiger partial charge < -0.3 is 0 Å². The molecule has 0 saturated heterocycles. The summed E-state index contributed by atoms with van der Waals surface area (Å²) in [4.78, 5) is 5.28. The minimum absolute atomic E-state index is 1.24. The number of hydrogen-bond donors (Lipinski definition) is 0. The first-order chi connectivity index (χ1) is 19.3. The molecule has 3 heterocycles. The molecule has 0 amide bonds. The molecule has 186 valence electrons. The third kappa shape index (κ3) is 4.70. The largest absolute Gasteiger partial charge is 0.144 e. The fourth-order valence-electron chi connectivity index (χ4n) is 5.05. The van der Waals surface area contributed by atoms with Gasteiger partial charge in [0.25, 0.3) is 0 Å². The van der Waals surface area contributed by atoms with Crippen LogP contribution in [-0.2, 0) is 0 Å². The molecule has 39 heavy (non-hydrogen) atoms. The molecule has 0 aliphatic rings. The maximum absolute atomic E-state index is 2.29. The average Bonchev–Trinajstić information content (AvgIpc) is 3.79. The van der Waals surface area contributed by atoms with E-state index in [0.29, 0.717) is 0 Å². The highest BCUT2D eigenvalue weighted by Gasteiger charge is 2.24. The summed E-state index contributed by atoms with van der Waals surface area (Å²) < 4.78 is 0. The van der Waals surface area contributed by atoms with Gasteiger partial charge in [0.1, 0.15) is 0 Å². The number of hydrogen-bond acceptors (Lipinski definition) is 3. The van der Waals surface area contributed by atoms with E-state index in [1.165, 1.54) is 64.0 Å². The van der Waals surface area contributed by atoms with Gasteiger partial charge in [0.05, 0.1) is 4.88 Å². The second-order valence-corrected chi connectivity index (χ2v) is 12.3. The monoisotopic (exact) mass is 552 g/mol. The Labute approximate surface area is 241 Å². The Morgan fingerprint density at radius 1 is 0.308 bits per heavy atom. The molecular formula is C36H24S3. The van der Waals surface area contributed by atoms with Crippen LogP contribution in [-0.4, -0.2) is 0 Å². The first-order valence-corrected chi connectivity index (χ1v) is 15.5. The van der Waals surface area contributed by atoms with Gasteiger partial charge in [-0.05, 0) is 56.3 Å². The van der Waals surface area contributed by atoms with Gasteiger partial charge in [-0.3, -0.25) is 0 Å². The lowest BCUT2D eigenvalue weighted by Gasteiger charge is -2.11. The van der Waals surface area contributed by atoms with Crippen LogP contribution in [0.5, 0.6) is 0 Å². The summed E-state index contributed by atoms with van der Waals surface area (Å²) in [7, 11) is 0. The SMILES string of the molecule is c1ccc(-c2ccc(-c3sc(-c4cccs4)c(-c4cccs4)c3-c3ccc(-c4ccccc4)cc3)cc2)cc1. The summed E-state index contributed by atoms with van der Waals surface area (Å²) in [5.74, 6) is 0. The van der Waals surface area contributed by atoms with Gasteiger partial charge in [-0.1, -0.05) is 121 Å². The highest BCUT2D eigenvalue weighted by Crippen LogP contribution is 2.53. The van der Waals surface area contributed by atoms with Crippen molar-refractivity contribution in [1.29, 1.82) is 0 Å². The van der Waals surface area contributed by atoms with Crippen LogP contribution in [0.2, 0.25) is 0 Å². The van der Waals surface area contributed by atoms with Crippen molar-refractivity contribution in [2.75, 3.05) is 0 Å². The summed E-state index contributed by atoms with van der Waals surface area (Å²) in [5.41, 5.74) is 10.1. The van der Waals surface area contributed by atoms with Crippen molar-refractivity contribution in [3.63, 3.8) is 0 Å². The predicted octanol–water partition coefficient (Wildman–Crippen LogP) is 11.9. The van der Waals surface area contributed by atoms with Crippen molar-refractivity contribution in [2.24, 2.45) is 0 Å². The maximum atomic E-state index is 2.29. The number of rotatable bonds is 6. The van der Waals surface area contributed by atoms with Gasteiger partial charge in [0, 0.05) is 25.8 Å². The molecule has 0 N–H and O–H groups in total. The van der Waals surface area contributed by atoms with Crippen molar-refractivity contribution in [3.05, 3.63) is 144 Å². The smallest absolute Gasteiger partial charge is 0.0542 e. The second-order valence-electron chi connectivity index (χ2n) is 9.35. The van der Waals surface area contributed by atoms with E-state index in [9.17, 15) is 0 Å². The average molecular weight is 553 g/mol. The normalized spacial score (nSPS) is 11.1. The summed E-state index contributed by atoms with van der Waals surface area (Å²) in [6, 6.07) is 48.2. The first kappa shape index (κ1) is 24.1. The van der Waals surface area contributed by atoms with E-state index >= 15 is 0 Å². The van der Waals surface area contributed by atoms with Crippen molar-refractivity contribution in [1.82, 2.24) is 0 Å². The first-order valence-electron chi connectivity index (χ1n) is 12.9. The zero-order chi connectivity index (χ0) is 26.0. The fraction of sp³-hybridized carbons (Fsp3) is 0. The van der Waals surface area contributed by atoms with Crippen LogP contribution < -0.4 is 0 Å². The molecule has 0 atom stereocenters. The molecule has 3 aromatic heterocycles. The zero-order valence-electron chi connectivity index (χ0n) is 21.1. The molecule has 0 fully saturated rings. The highest BCUT2D eigenvalue weighted by atomic mass is 32.1. The molecule has 7 aromatic rings. The predicted molar refractivity (Wildman–Crippen MR) is 173 cm³/mol. The highest BCUT2D eigenvalue weighted by molar-refractivity contribution is 7.25. The van der Waals surface area contributed by atoms with Crippen LogP contribution in [0.4, 0.5) is 0 Å². The molecule has 0 unspecified atom stereocenters. The van der Waals surface area contributed by atoms with E-state index < -0.39 is 0 Å². The molecule has 4 aromatic carbocycles. The van der Waals surface area contributed by atoms with E-state index in [-0.39, 0.29) is 0 Å². The zero-order valence-corrected chi connectivity index (χ0v) is 23.5. The molecule has 0 bridgehead atoms. The van der Waals surface area contributed by atoms with Crippen LogP contribution in [0.1, 0.15) is 0 Å². The molecule has 0 radical (unpaired) electrons. The Bertz CT molecular complexity index is 1790. The fourth-order valence-corrected chi connectivity index (χ4v) is 8.10. The van der Waals surface area contributed by atoms with Crippen molar-refractivity contribution in [3.8, 4) is 64.0 Å². The Balaban J connectivity index is 1.42. The van der Waals surface area contributed by atoms with Crippen LogP contribution in [0.25, 0.3) is 64.0 Å². The Kier molecular flexibility index (Phi) is 6.55. The molecule has 0 aliphatic heterocycles. The Morgan fingerprint density at radius 2 is 0.769 bits per heavy atom. The van der Waals surface area contributed by atoms with Crippen LogP contribution in [0.15, 0.2) is 144 Å². The molecule has 7 rings (SSSR count). The molecular weight excluding hydrogens is 529 g/mol. The number of thiophene rings is 3. The van der Waals surface area contributed by atoms with E-state index in [2.05, 4.69) is 144 Å². The molecule has 0 saturated carbocycles. The maximum Gasteiger partial charge on any atom is 0.0542 e. The van der Waals surface area contributed by atoms with Crippen molar-refractivity contribution in [2.45, 2.75) is 0 Å². The molecule has 0 nitrogen and oxygen atoms in total. The van der Waals surface area contributed by atoms with Gasteiger partial charge in [0.2, 0.25) is 0 Å². The molecule has 0 aliphatic carbocycles. The third-order valence-corrected chi connectivity index (χ3v) is 10.1. The lowest BCUT2D eigenvalue weighted by Crippen LogP contribution is -1.85. The number of benzene rings is 4. The topological polar surface area (TPSA) is 0 Å². The van der Waals surface area contributed by atoms with Gasteiger partial charge in [-0.25, -0.2) is 0 Å².